The van der Waals surface area contributed by atoms with Gasteiger partial charge in [0, 0.05) is 24.3 Å². The van der Waals surface area contributed by atoms with Gasteiger partial charge in [-0.25, -0.2) is 4.79 Å². The van der Waals surface area contributed by atoms with Gasteiger partial charge in [-0.2, -0.15) is 0 Å². The maximum Gasteiger partial charge on any atom is 0.329 e. The molecule has 3 N–H and O–H groups in total. The minimum atomic E-state index is -1.07. The smallest absolute Gasteiger partial charge is 0.329 e. The highest BCUT2D eigenvalue weighted by Crippen LogP contribution is 2.44. The van der Waals surface area contributed by atoms with Gasteiger partial charge in [-0.3, -0.25) is 9.59 Å². The lowest BCUT2D eigenvalue weighted by Crippen LogP contribution is -2.46. The van der Waals surface area contributed by atoms with Crippen LogP contribution in [0.15, 0.2) is 46.8 Å². The Balaban J connectivity index is 2.32. The van der Waals surface area contributed by atoms with E-state index in [1.807, 2.05) is 13.0 Å². The van der Waals surface area contributed by atoms with E-state index in [0.29, 0.717) is 12.0 Å². The predicted molar refractivity (Wildman–Crippen MR) is 140 cm³/mol. The Kier molecular flexibility index (Phi) is 11.0. The predicted octanol–water partition coefficient (Wildman–Crippen LogP) is 5.78. The van der Waals surface area contributed by atoms with Crippen LogP contribution >= 0.6 is 0 Å². The van der Waals surface area contributed by atoms with Gasteiger partial charge in [0.2, 0.25) is 5.91 Å². The third-order valence-corrected chi connectivity index (χ3v) is 7.00. The van der Waals surface area contributed by atoms with E-state index >= 15 is 0 Å². The molecule has 7 heteroatoms. The molecule has 1 amide bonds. The summed E-state index contributed by atoms with van der Waals surface area (Å²) in [6, 6.07) is -0.925. The number of hydrogen-bond acceptors (Lipinski definition) is 5. The Labute approximate surface area is 215 Å². The van der Waals surface area contributed by atoms with Crippen molar-refractivity contribution in [3.63, 3.8) is 0 Å². The van der Waals surface area contributed by atoms with Crippen molar-refractivity contribution >= 4 is 17.8 Å². The highest BCUT2D eigenvalue weighted by atomic mass is 16.5. The molecule has 2 rings (SSSR count). The Bertz CT molecular complexity index is 941. The third kappa shape index (κ3) is 8.10. The molecule has 0 aliphatic heterocycles. The quantitative estimate of drug-likeness (QED) is 0.167. The van der Waals surface area contributed by atoms with Gasteiger partial charge in [-0.1, -0.05) is 63.0 Å². The number of aliphatic hydroxyl groups excluding tert-OH is 1. The van der Waals surface area contributed by atoms with Gasteiger partial charge in [0.15, 0.2) is 0 Å². The summed E-state index contributed by atoms with van der Waals surface area (Å²) >= 11 is 0. The summed E-state index contributed by atoms with van der Waals surface area (Å²) in [4.78, 5) is 36.4. The van der Waals surface area contributed by atoms with E-state index in [1.54, 1.807) is 13.8 Å². The van der Waals surface area contributed by atoms with Gasteiger partial charge >= 0.3 is 11.9 Å². The lowest BCUT2D eigenvalue weighted by atomic mass is 9.78. The molecule has 200 valence electrons. The first-order valence-electron chi connectivity index (χ1n) is 13.1. The summed E-state index contributed by atoms with van der Waals surface area (Å²) in [5, 5.41) is 22.7. The molecule has 36 heavy (non-hydrogen) atoms. The average molecular weight is 502 g/mol. The molecular weight excluding hydrogens is 458 g/mol. The number of carbonyl (C=O) groups is 3. The fourth-order valence-electron chi connectivity index (χ4n) is 5.01. The minimum Gasteiger partial charge on any atom is -0.512 e. The summed E-state index contributed by atoms with van der Waals surface area (Å²) in [7, 11) is 0. The topological polar surface area (TPSA) is 113 Å². The molecule has 0 saturated carbocycles. The fourth-order valence-corrected chi connectivity index (χ4v) is 5.01. The van der Waals surface area contributed by atoms with E-state index in [9.17, 15) is 19.5 Å². The Morgan fingerprint density at radius 3 is 2.47 bits per heavy atom. The first-order valence-corrected chi connectivity index (χ1v) is 13.1. The number of amides is 1. The van der Waals surface area contributed by atoms with Crippen LogP contribution in [0.4, 0.5) is 0 Å². The van der Waals surface area contributed by atoms with Crippen molar-refractivity contribution in [3.05, 3.63) is 46.8 Å². The van der Waals surface area contributed by atoms with Crippen molar-refractivity contribution < 1.29 is 29.3 Å². The van der Waals surface area contributed by atoms with Gasteiger partial charge in [0.05, 0.1) is 6.42 Å². The lowest BCUT2D eigenvalue weighted by molar-refractivity contribution is -0.151. The number of esters is 1. The molecule has 4 atom stereocenters. The average Bonchev–Trinajstić information content (AvgIpc) is 3.17. The second kappa shape index (κ2) is 13.5. The fraction of sp³-hybridized carbons (Fsp3) is 0.621. The van der Waals surface area contributed by atoms with Crippen LogP contribution in [0, 0.1) is 17.8 Å². The zero-order valence-electron chi connectivity index (χ0n) is 22.4. The SMILES string of the molecule is C=C(C)[C@@H]1CC(C)=C[C@H]1C1=C(O)CC(CCCCC)=CC1OC(=O)C(NC(=O)CCC(=O)O)C(C)C. The summed E-state index contributed by atoms with van der Waals surface area (Å²) < 4.78 is 6.01. The number of hydrogen-bond donors (Lipinski definition) is 3. The highest BCUT2D eigenvalue weighted by Gasteiger charge is 2.39. The number of unbranched alkanes of at least 4 members (excludes halogenated alkanes) is 2. The highest BCUT2D eigenvalue weighted by molar-refractivity contribution is 5.86. The van der Waals surface area contributed by atoms with Gasteiger partial charge < -0.3 is 20.3 Å². The summed E-state index contributed by atoms with van der Waals surface area (Å²) in [6.45, 7) is 13.9. The van der Waals surface area contributed by atoms with Crippen LogP contribution < -0.4 is 5.32 Å². The van der Waals surface area contributed by atoms with Crippen molar-refractivity contribution in [2.24, 2.45) is 17.8 Å². The van der Waals surface area contributed by atoms with E-state index < -0.39 is 30.0 Å². The van der Waals surface area contributed by atoms with E-state index in [2.05, 4.69) is 31.8 Å². The number of aliphatic carboxylic acids is 1. The van der Waals surface area contributed by atoms with E-state index in [1.165, 1.54) is 5.57 Å². The van der Waals surface area contributed by atoms with Crippen LogP contribution in [-0.4, -0.2) is 40.2 Å². The molecule has 2 unspecified atom stereocenters. The van der Waals surface area contributed by atoms with Crippen molar-refractivity contribution in [3.8, 4) is 0 Å². The molecule has 0 aromatic heterocycles. The first kappa shape index (κ1) is 29.4. The van der Waals surface area contributed by atoms with Gasteiger partial charge in [0.25, 0.3) is 0 Å². The molecule has 0 aromatic carbocycles. The normalized spacial score (nSPS) is 22.7. The Morgan fingerprint density at radius 1 is 1.19 bits per heavy atom. The molecular formula is C29H43NO6. The number of nitrogens with one attached hydrogen (secondary N) is 1. The molecule has 0 heterocycles. The molecule has 0 saturated heterocycles. The monoisotopic (exact) mass is 501 g/mol. The zero-order valence-corrected chi connectivity index (χ0v) is 22.4. The number of carbonyl (C=O) groups excluding carboxylic acids is 2. The molecule has 0 radical (unpaired) electrons. The molecule has 0 bridgehead atoms. The summed E-state index contributed by atoms with van der Waals surface area (Å²) in [5.74, 6) is -2.19. The van der Waals surface area contributed by atoms with Gasteiger partial charge in [-0.05, 0) is 51.0 Å². The van der Waals surface area contributed by atoms with Crippen LogP contribution in [-0.2, 0) is 19.1 Å². The maximum atomic E-state index is 13.3. The van der Waals surface area contributed by atoms with Crippen LogP contribution in [0.25, 0.3) is 0 Å². The van der Waals surface area contributed by atoms with Crippen molar-refractivity contribution in [1.29, 1.82) is 0 Å². The summed E-state index contributed by atoms with van der Waals surface area (Å²) in [5.41, 5.74) is 3.95. The molecule has 7 nitrogen and oxygen atoms in total. The summed E-state index contributed by atoms with van der Waals surface area (Å²) in [6.07, 6.45) is 8.11. The number of rotatable bonds is 13. The van der Waals surface area contributed by atoms with Crippen molar-refractivity contribution in [1.82, 2.24) is 5.32 Å². The second-order valence-electron chi connectivity index (χ2n) is 10.6. The zero-order chi connectivity index (χ0) is 27.0. The van der Waals surface area contributed by atoms with Gasteiger partial charge in [-0.15, -0.1) is 0 Å². The largest absolute Gasteiger partial charge is 0.512 e. The van der Waals surface area contributed by atoms with Crippen LogP contribution in [0.3, 0.4) is 0 Å². The number of carboxylic acid groups (broad SMARTS) is 1. The standard InChI is InChI=1S/C29H43NO6/c1-7-8-9-10-20-15-23(31)27(22-14-19(6)13-21(22)17(2)3)24(16-20)36-29(35)28(18(4)5)30-25(32)11-12-26(33)34/h14,16,18,21-22,24,28,31H,2,7-13,15H2,1,3-6H3,(H,30,32)(H,33,34)/t21-,22+,24?,28?/m0/s1. The maximum absolute atomic E-state index is 13.3. The van der Waals surface area contributed by atoms with Crippen molar-refractivity contribution in [2.45, 2.75) is 98.1 Å². The van der Waals surface area contributed by atoms with Crippen LogP contribution in [0.2, 0.25) is 0 Å². The Morgan fingerprint density at radius 2 is 1.89 bits per heavy atom. The molecule has 2 aliphatic rings. The molecule has 0 aromatic rings. The van der Waals surface area contributed by atoms with Crippen LogP contribution in [0.1, 0.15) is 86.0 Å². The van der Waals surface area contributed by atoms with E-state index in [-0.39, 0.29) is 36.4 Å². The molecule has 2 aliphatic carbocycles. The van der Waals surface area contributed by atoms with E-state index in [0.717, 1.165) is 43.3 Å². The first-order chi connectivity index (χ1) is 16.9. The van der Waals surface area contributed by atoms with E-state index in [4.69, 9.17) is 9.84 Å². The third-order valence-electron chi connectivity index (χ3n) is 7.00. The number of carboxylic acids is 1. The van der Waals surface area contributed by atoms with Crippen LogP contribution in [0.5, 0.6) is 0 Å². The number of ether oxygens (including phenoxy) is 1. The number of allylic oxidation sites excluding steroid dienone is 4. The molecule has 0 fully saturated rings. The minimum absolute atomic E-state index is 0.114. The Hall–Kier alpha value is -2.83. The number of aliphatic hydroxyl groups is 1. The van der Waals surface area contributed by atoms with Crippen molar-refractivity contribution in [2.75, 3.05) is 0 Å². The van der Waals surface area contributed by atoms with Gasteiger partial charge in [0.1, 0.15) is 17.9 Å². The second-order valence-corrected chi connectivity index (χ2v) is 10.6. The lowest BCUT2D eigenvalue weighted by Gasteiger charge is -2.33. The molecule has 0 spiro atoms.